The summed E-state index contributed by atoms with van der Waals surface area (Å²) >= 11 is 0. The number of nitrogen functional groups attached to an aromatic ring is 1. The maximum atomic E-state index is 13.1. The molecule has 0 aliphatic carbocycles. The molecule has 0 atom stereocenters. The standard InChI is InChI=1S/C20H22F2N2O2/c21-15-12-11-14(13-16(15)22)19(25)9-3-1-2-4-10-20(26)24-18-8-6-5-7-17(18)23/h5-8,11-13H,1-4,9-10,23H2,(H,24,26). The van der Waals surface area contributed by atoms with Gasteiger partial charge in [-0.25, -0.2) is 8.78 Å². The minimum atomic E-state index is -1.01. The zero-order valence-electron chi connectivity index (χ0n) is 14.4. The Morgan fingerprint density at radius 2 is 1.58 bits per heavy atom. The summed E-state index contributed by atoms with van der Waals surface area (Å²) in [6.45, 7) is 0. The molecule has 0 saturated carbocycles. The van der Waals surface area contributed by atoms with Gasteiger partial charge in [-0.15, -0.1) is 0 Å². The number of benzene rings is 2. The van der Waals surface area contributed by atoms with Crippen molar-refractivity contribution in [3.63, 3.8) is 0 Å². The summed E-state index contributed by atoms with van der Waals surface area (Å²) in [7, 11) is 0. The SMILES string of the molecule is Nc1ccccc1NC(=O)CCCCCCC(=O)c1ccc(F)c(F)c1. The molecular weight excluding hydrogens is 338 g/mol. The molecule has 0 aromatic heterocycles. The van der Waals surface area contributed by atoms with Gasteiger partial charge in [0.2, 0.25) is 5.91 Å². The number of nitrogens with two attached hydrogens (primary N) is 1. The van der Waals surface area contributed by atoms with Crippen LogP contribution in [0.5, 0.6) is 0 Å². The van der Waals surface area contributed by atoms with Crippen molar-refractivity contribution in [2.24, 2.45) is 0 Å². The predicted octanol–water partition coefficient (Wildman–Crippen LogP) is 4.71. The number of unbranched alkanes of at least 4 members (excludes halogenated alkanes) is 3. The van der Waals surface area contributed by atoms with E-state index in [9.17, 15) is 18.4 Å². The number of halogens is 2. The molecule has 2 rings (SSSR count). The molecule has 0 fully saturated rings. The van der Waals surface area contributed by atoms with Crippen molar-refractivity contribution in [1.82, 2.24) is 0 Å². The Bertz CT molecular complexity index is 778. The van der Waals surface area contributed by atoms with E-state index < -0.39 is 11.6 Å². The Kier molecular flexibility index (Phi) is 7.26. The first kappa shape index (κ1) is 19.6. The van der Waals surface area contributed by atoms with Crippen molar-refractivity contribution < 1.29 is 18.4 Å². The lowest BCUT2D eigenvalue weighted by Gasteiger charge is -2.07. The second kappa shape index (κ2) is 9.65. The topological polar surface area (TPSA) is 72.2 Å². The molecule has 0 unspecified atom stereocenters. The molecule has 6 heteroatoms. The second-order valence-corrected chi connectivity index (χ2v) is 6.10. The first-order valence-electron chi connectivity index (χ1n) is 8.60. The molecule has 4 nitrogen and oxygen atoms in total. The van der Waals surface area contributed by atoms with Crippen molar-refractivity contribution in [2.45, 2.75) is 38.5 Å². The molecule has 0 saturated heterocycles. The fourth-order valence-corrected chi connectivity index (χ4v) is 2.56. The number of anilines is 2. The Morgan fingerprint density at radius 3 is 2.27 bits per heavy atom. The Balaban J connectivity index is 1.61. The number of amides is 1. The average Bonchev–Trinajstić information content (AvgIpc) is 2.62. The highest BCUT2D eigenvalue weighted by molar-refractivity contribution is 5.96. The van der Waals surface area contributed by atoms with Crippen molar-refractivity contribution in [1.29, 1.82) is 0 Å². The number of nitrogens with one attached hydrogen (secondary N) is 1. The average molecular weight is 360 g/mol. The lowest BCUT2D eigenvalue weighted by Crippen LogP contribution is -2.12. The number of carbonyl (C=O) groups is 2. The monoisotopic (exact) mass is 360 g/mol. The molecule has 26 heavy (non-hydrogen) atoms. The van der Waals surface area contributed by atoms with Crippen molar-refractivity contribution >= 4 is 23.1 Å². The number of Topliss-reactive ketones (excluding diaryl/α,β-unsaturated/α-hetero) is 1. The first-order chi connectivity index (χ1) is 12.5. The number of hydrogen-bond donors (Lipinski definition) is 2. The molecule has 3 N–H and O–H groups in total. The Hall–Kier alpha value is -2.76. The number of ketones is 1. The van der Waals surface area contributed by atoms with Gasteiger partial charge >= 0.3 is 0 Å². The van der Waals surface area contributed by atoms with E-state index in [0.717, 1.165) is 25.0 Å². The molecule has 0 spiro atoms. The molecule has 0 heterocycles. The van der Waals surface area contributed by atoms with E-state index in [2.05, 4.69) is 5.32 Å². The van der Waals surface area contributed by atoms with Crippen molar-refractivity contribution in [2.75, 3.05) is 11.1 Å². The van der Waals surface area contributed by atoms with E-state index in [0.29, 0.717) is 30.6 Å². The quantitative estimate of drug-likeness (QED) is 0.386. The van der Waals surface area contributed by atoms with E-state index in [1.807, 2.05) is 0 Å². The summed E-state index contributed by atoms with van der Waals surface area (Å²) in [6, 6.07) is 10.2. The fraction of sp³-hybridized carbons (Fsp3) is 0.300. The maximum absolute atomic E-state index is 13.1. The van der Waals surface area contributed by atoms with Crippen LogP contribution in [0.1, 0.15) is 48.9 Å². The number of rotatable bonds is 9. The summed E-state index contributed by atoms with van der Waals surface area (Å²) < 4.78 is 26.0. The van der Waals surface area contributed by atoms with Crippen LogP contribution in [0.4, 0.5) is 20.2 Å². The summed E-state index contributed by atoms with van der Waals surface area (Å²) in [5.74, 6) is -2.28. The van der Waals surface area contributed by atoms with Gasteiger partial charge in [0.25, 0.3) is 0 Å². The van der Waals surface area contributed by atoms with Crippen LogP contribution in [-0.4, -0.2) is 11.7 Å². The van der Waals surface area contributed by atoms with Crippen LogP contribution in [0.2, 0.25) is 0 Å². The van der Waals surface area contributed by atoms with Crippen LogP contribution < -0.4 is 11.1 Å². The number of carbonyl (C=O) groups excluding carboxylic acids is 2. The van der Waals surface area contributed by atoms with E-state index in [-0.39, 0.29) is 23.7 Å². The van der Waals surface area contributed by atoms with Crippen molar-refractivity contribution in [3.05, 3.63) is 59.7 Å². The highest BCUT2D eigenvalue weighted by Gasteiger charge is 2.10. The molecule has 2 aromatic carbocycles. The lowest BCUT2D eigenvalue weighted by atomic mass is 10.0. The second-order valence-electron chi connectivity index (χ2n) is 6.10. The third-order valence-electron chi connectivity index (χ3n) is 4.03. The van der Waals surface area contributed by atoms with Gasteiger partial charge in [0, 0.05) is 18.4 Å². The molecular formula is C20H22F2N2O2. The Morgan fingerprint density at radius 1 is 0.885 bits per heavy atom. The van der Waals surface area contributed by atoms with Crippen LogP contribution in [-0.2, 0) is 4.79 Å². The molecule has 138 valence electrons. The number of para-hydroxylation sites is 2. The largest absolute Gasteiger partial charge is 0.397 e. The van der Waals surface area contributed by atoms with Crippen LogP contribution in [0, 0.1) is 11.6 Å². The van der Waals surface area contributed by atoms with Gasteiger partial charge in [-0.3, -0.25) is 9.59 Å². The zero-order chi connectivity index (χ0) is 18.9. The minimum Gasteiger partial charge on any atom is -0.397 e. The molecule has 0 aliphatic rings. The van der Waals surface area contributed by atoms with Gasteiger partial charge in [0.15, 0.2) is 17.4 Å². The van der Waals surface area contributed by atoms with Crippen LogP contribution in [0.15, 0.2) is 42.5 Å². The summed E-state index contributed by atoms with van der Waals surface area (Å²) in [5.41, 5.74) is 7.08. The molecule has 1 amide bonds. The lowest BCUT2D eigenvalue weighted by molar-refractivity contribution is -0.116. The third kappa shape index (κ3) is 5.95. The number of hydrogen-bond acceptors (Lipinski definition) is 3. The molecule has 0 radical (unpaired) electrons. The molecule has 0 bridgehead atoms. The summed E-state index contributed by atoms with van der Waals surface area (Å²) in [4.78, 5) is 23.8. The fourth-order valence-electron chi connectivity index (χ4n) is 2.56. The first-order valence-corrected chi connectivity index (χ1v) is 8.60. The van der Waals surface area contributed by atoms with Gasteiger partial charge in [0.05, 0.1) is 11.4 Å². The maximum Gasteiger partial charge on any atom is 0.224 e. The van der Waals surface area contributed by atoms with Gasteiger partial charge in [0.1, 0.15) is 0 Å². The summed E-state index contributed by atoms with van der Waals surface area (Å²) in [5, 5.41) is 2.77. The van der Waals surface area contributed by atoms with Gasteiger partial charge in [-0.05, 0) is 43.2 Å². The van der Waals surface area contributed by atoms with Crippen LogP contribution in [0.25, 0.3) is 0 Å². The van der Waals surface area contributed by atoms with Crippen LogP contribution in [0.3, 0.4) is 0 Å². The zero-order valence-corrected chi connectivity index (χ0v) is 14.4. The highest BCUT2D eigenvalue weighted by atomic mass is 19.2. The predicted molar refractivity (Wildman–Crippen MR) is 97.9 cm³/mol. The van der Waals surface area contributed by atoms with Crippen LogP contribution >= 0.6 is 0 Å². The van der Waals surface area contributed by atoms with E-state index in [4.69, 9.17) is 5.73 Å². The normalized spacial score (nSPS) is 10.5. The third-order valence-corrected chi connectivity index (χ3v) is 4.03. The van der Waals surface area contributed by atoms with Gasteiger partial charge in [-0.1, -0.05) is 25.0 Å². The van der Waals surface area contributed by atoms with E-state index in [1.54, 1.807) is 24.3 Å². The van der Waals surface area contributed by atoms with E-state index >= 15 is 0 Å². The summed E-state index contributed by atoms with van der Waals surface area (Å²) in [6.07, 6.45) is 3.60. The molecule has 2 aromatic rings. The Labute approximate surface area is 151 Å². The van der Waals surface area contributed by atoms with Crippen molar-refractivity contribution in [3.8, 4) is 0 Å². The smallest absolute Gasteiger partial charge is 0.224 e. The van der Waals surface area contributed by atoms with Gasteiger partial charge in [-0.2, -0.15) is 0 Å². The van der Waals surface area contributed by atoms with Gasteiger partial charge < -0.3 is 11.1 Å². The molecule has 0 aliphatic heterocycles. The van der Waals surface area contributed by atoms with E-state index in [1.165, 1.54) is 6.07 Å². The minimum absolute atomic E-state index is 0.0965. The highest BCUT2D eigenvalue weighted by Crippen LogP contribution is 2.17.